The molecule has 4 nitrogen and oxygen atoms in total. The second-order valence-electron chi connectivity index (χ2n) is 8.43. The third-order valence-corrected chi connectivity index (χ3v) is 6.29. The maximum Gasteiger partial charge on any atom is 0.248 e. The van der Waals surface area contributed by atoms with Crippen molar-refractivity contribution in [2.24, 2.45) is 0 Å². The smallest absolute Gasteiger partial charge is 0.248 e. The minimum atomic E-state index is -0.543. The Morgan fingerprint density at radius 3 is 2.64 bits per heavy atom. The van der Waals surface area contributed by atoms with Gasteiger partial charge in [0.05, 0.1) is 17.9 Å². The molecule has 0 aliphatic carbocycles. The molecule has 5 rings (SSSR count). The molecule has 1 amide bonds. The number of amides is 1. The summed E-state index contributed by atoms with van der Waals surface area (Å²) in [5.74, 6) is -0.283. The van der Waals surface area contributed by atoms with Gasteiger partial charge in [-0.2, -0.15) is 0 Å². The third kappa shape index (κ3) is 4.70. The van der Waals surface area contributed by atoms with Crippen molar-refractivity contribution >= 4 is 50.5 Å². The van der Waals surface area contributed by atoms with Crippen LogP contribution in [-0.4, -0.2) is 12.5 Å². The highest BCUT2D eigenvalue weighted by Gasteiger charge is 2.16. The number of hydrogen-bond acceptors (Lipinski definition) is 3. The van der Waals surface area contributed by atoms with Gasteiger partial charge in [0.2, 0.25) is 5.91 Å². The van der Waals surface area contributed by atoms with E-state index in [1.54, 1.807) is 6.26 Å². The van der Waals surface area contributed by atoms with Crippen molar-refractivity contribution in [2.75, 3.05) is 11.9 Å². The van der Waals surface area contributed by atoms with E-state index in [2.05, 4.69) is 35.6 Å². The number of allylic oxidation sites excluding steroid dienone is 1. The van der Waals surface area contributed by atoms with Crippen LogP contribution in [0.4, 0.5) is 10.1 Å². The molecule has 0 radical (unpaired) electrons. The lowest BCUT2D eigenvalue weighted by atomic mass is 9.97. The van der Waals surface area contributed by atoms with Gasteiger partial charge in [0.15, 0.2) is 0 Å². The number of fused-ring (bicyclic) bond motifs is 2. The summed E-state index contributed by atoms with van der Waals surface area (Å²) in [5.41, 5.74) is 4.58. The van der Waals surface area contributed by atoms with E-state index in [9.17, 15) is 9.18 Å². The number of halogens is 2. The van der Waals surface area contributed by atoms with Crippen LogP contribution in [0.3, 0.4) is 0 Å². The first kappa shape index (κ1) is 23.6. The summed E-state index contributed by atoms with van der Waals surface area (Å²) >= 11 is 5.83. The number of carbonyl (C=O) groups is 1. The van der Waals surface area contributed by atoms with E-state index < -0.39 is 5.82 Å². The Bertz CT molecular complexity index is 1640. The van der Waals surface area contributed by atoms with Gasteiger partial charge >= 0.3 is 0 Å². The number of rotatable bonds is 6. The average Bonchev–Trinajstić information content (AvgIpc) is 3.28. The van der Waals surface area contributed by atoms with Gasteiger partial charge in [-0.25, -0.2) is 4.39 Å². The van der Waals surface area contributed by atoms with E-state index in [0.29, 0.717) is 29.2 Å². The number of nitrogens with one attached hydrogen (secondary N) is 1. The van der Waals surface area contributed by atoms with E-state index in [-0.39, 0.29) is 10.9 Å². The van der Waals surface area contributed by atoms with E-state index in [0.717, 1.165) is 27.5 Å². The molecule has 1 heterocycles. The fourth-order valence-electron chi connectivity index (χ4n) is 4.25. The molecule has 0 saturated carbocycles. The van der Waals surface area contributed by atoms with Crippen LogP contribution in [0, 0.1) is 5.82 Å². The standard InChI is InChI=1S/C30H23ClFNO3/c1-3-35-28-16-29-24(25(17-36-29)21-9-8-19-6-4-5-7-20(19)13-21)15-23(28)18(2)12-30(34)33-22-10-11-27(32)26(31)14-22/h4-17H,3H2,1-2H3,(H,33,34)/b18-12+. The fourth-order valence-corrected chi connectivity index (χ4v) is 4.43. The zero-order valence-electron chi connectivity index (χ0n) is 19.8. The van der Waals surface area contributed by atoms with Gasteiger partial charge in [0.1, 0.15) is 17.1 Å². The van der Waals surface area contributed by atoms with Gasteiger partial charge in [0.25, 0.3) is 0 Å². The van der Waals surface area contributed by atoms with Crippen molar-refractivity contribution in [3.63, 3.8) is 0 Å². The second kappa shape index (κ2) is 9.88. The van der Waals surface area contributed by atoms with Gasteiger partial charge in [0, 0.05) is 34.3 Å². The van der Waals surface area contributed by atoms with Crippen molar-refractivity contribution in [3.05, 3.63) is 102 Å². The molecule has 1 aromatic heterocycles. The first-order valence-corrected chi connectivity index (χ1v) is 11.9. The van der Waals surface area contributed by atoms with E-state index >= 15 is 0 Å². The number of ether oxygens (including phenoxy) is 1. The number of anilines is 1. The monoisotopic (exact) mass is 499 g/mol. The zero-order valence-corrected chi connectivity index (χ0v) is 20.5. The Morgan fingerprint density at radius 2 is 1.86 bits per heavy atom. The summed E-state index contributed by atoms with van der Waals surface area (Å²) < 4.78 is 25.2. The Balaban J connectivity index is 1.53. The number of furan rings is 1. The molecule has 0 unspecified atom stereocenters. The molecule has 5 aromatic rings. The molecule has 1 N–H and O–H groups in total. The molecule has 0 fully saturated rings. The van der Waals surface area contributed by atoms with Gasteiger partial charge in [-0.3, -0.25) is 4.79 Å². The summed E-state index contributed by atoms with van der Waals surface area (Å²) in [6, 6.07) is 22.4. The third-order valence-electron chi connectivity index (χ3n) is 6.00. The van der Waals surface area contributed by atoms with Crippen LogP contribution in [-0.2, 0) is 4.79 Å². The van der Waals surface area contributed by atoms with E-state index in [4.69, 9.17) is 20.8 Å². The largest absolute Gasteiger partial charge is 0.493 e. The molecule has 0 atom stereocenters. The first-order chi connectivity index (χ1) is 17.4. The maximum atomic E-state index is 13.4. The summed E-state index contributed by atoms with van der Waals surface area (Å²) in [4.78, 5) is 12.7. The molecule has 0 aliphatic rings. The molecule has 4 aromatic carbocycles. The van der Waals surface area contributed by atoms with Gasteiger partial charge in [-0.15, -0.1) is 0 Å². The first-order valence-electron chi connectivity index (χ1n) is 11.5. The van der Waals surface area contributed by atoms with Crippen molar-refractivity contribution in [2.45, 2.75) is 13.8 Å². The highest BCUT2D eigenvalue weighted by atomic mass is 35.5. The Morgan fingerprint density at radius 1 is 1.06 bits per heavy atom. The van der Waals surface area contributed by atoms with Crippen molar-refractivity contribution in [3.8, 4) is 16.9 Å². The zero-order chi connectivity index (χ0) is 25.2. The predicted molar refractivity (Wildman–Crippen MR) is 144 cm³/mol. The lowest BCUT2D eigenvalue weighted by molar-refractivity contribution is -0.111. The molecule has 6 heteroatoms. The van der Waals surface area contributed by atoms with E-state index in [1.165, 1.54) is 29.7 Å². The Kier molecular flexibility index (Phi) is 6.49. The van der Waals surface area contributed by atoms with Crippen LogP contribution < -0.4 is 10.1 Å². The van der Waals surface area contributed by atoms with Crippen LogP contribution in [0.25, 0.3) is 38.4 Å². The van der Waals surface area contributed by atoms with E-state index in [1.807, 2.05) is 38.1 Å². The van der Waals surface area contributed by atoms with Crippen LogP contribution >= 0.6 is 11.6 Å². The number of benzene rings is 4. The summed E-state index contributed by atoms with van der Waals surface area (Å²) in [6.07, 6.45) is 3.23. The lowest BCUT2D eigenvalue weighted by Gasteiger charge is -2.12. The molecule has 0 aliphatic heterocycles. The van der Waals surface area contributed by atoms with Gasteiger partial charge < -0.3 is 14.5 Å². The van der Waals surface area contributed by atoms with Crippen LogP contribution in [0.15, 0.2) is 89.6 Å². The number of hydrogen-bond donors (Lipinski definition) is 1. The van der Waals surface area contributed by atoms with Crippen molar-refractivity contribution < 1.29 is 18.3 Å². The number of carbonyl (C=O) groups excluding carboxylic acids is 1. The molecule has 0 bridgehead atoms. The minimum absolute atomic E-state index is 0.0567. The molecular weight excluding hydrogens is 477 g/mol. The van der Waals surface area contributed by atoms with Crippen molar-refractivity contribution in [1.82, 2.24) is 0 Å². The molecular formula is C30H23ClFNO3. The Hall–Kier alpha value is -4.09. The minimum Gasteiger partial charge on any atom is -0.493 e. The topological polar surface area (TPSA) is 51.5 Å². The highest BCUT2D eigenvalue weighted by molar-refractivity contribution is 6.31. The fraction of sp³-hybridized carbons (Fsp3) is 0.100. The summed E-state index contributed by atoms with van der Waals surface area (Å²) in [6.45, 7) is 4.21. The van der Waals surface area contributed by atoms with Crippen LogP contribution in [0.2, 0.25) is 5.02 Å². The maximum absolute atomic E-state index is 13.4. The normalized spacial score (nSPS) is 11.7. The second-order valence-corrected chi connectivity index (χ2v) is 8.84. The average molecular weight is 500 g/mol. The predicted octanol–water partition coefficient (Wildman–Crippen LogP) is 8.49. The molecule has 0 saturated heterocycles. The molecule has 0 spiro atoms. The SMILES string of the molecule is CCOc1cc2occ(-c3ccc4ccccc4c3)c2cc1/C(C)=C/C(=O)Nc1ccc(F)c(Cl)c1. The summed E-state index contributed by atoms with van der Waals surface area (Å²) in [7, 11) is 0. The van der Waals surface area contributed by atoms with Gasteiger partial charge in [-0.1, -0.05) is 48.0 Å². The molecule has 36 heavy (non-hydrogen) atoms. The van der Waals surface area contributed by atoms with Crippen LogP contribution in [0.5, 0.6) is 5.75 Å². The molecule has 180 valence electrons. The highest BCUT2D eigenvalue weighted by Crippen LogP contribution is 2.38. The van der Waals surface area contributed by atoms with Gasteiger partial charge in [-0.05, 0) is 66.1 Å². The Labute approximate surface area is 212 Å². The quantitative estimate of drug-likeness (QED) is 0.238. The summed E-state index contributed by atoms with van der Waals surface area (Å²) in [5, 5.41) is 5.89. The van der Waals surface area contributed by atoms with Crippen molar-refractivity contribution in [1.29, 1.82) is 0 Å². The lowest BCUT2D eigenvalue weighted by Crippen LogP contribution is -2.09. The van der Waals surface area contributed by atoms with Crippen LogP contribution in [0.1, 0.15) is 19.4 Å².